The summed E-state index contributed by atoms with van der Waals surface area (Å²) in [6.07, 6.45) is 0.891. The highest BCUT2D eigenvalue weighted by molar-refractivity contribution is 6.10. The van der Waals surface area contributed by atoms with Crippen molar-refractivity contribution in [1.82, 2.24) is 4.98 Å². The normalized spacial score (nSPS) is 11.9. The van der Waals surface area contributed by atoms with Gasteiger partial charge in [-0.25, -0.2) is 0 Å². The predicted octanol–water partition coefficient (Wildman–Crippen LogP) is 4.27. The maximum Gasteiger partial charge on any atom is 0.248 e. The highest BCUT2D eigenvalue weighted by Gasteiger charge is 2.26. The smallest absolute Gasteiger partial charge is 0.248 e. The van der Waals surface area contributed by atoms with Gasteiger partial charge in [-0.2, -0.15) is 0 Å². The van der Waals surface area contributed by atoms with Crippen molar-refractivity contribution in [2.24, 2.45) is 5.73 Å². The van der Waals surface area contributed by atoms with E-state index < -0.39 is 12.0 Å². The molecule has 0 saturated heterocycles. The minimum atomic E-state index is -0.820. The van der Waals surface area contributed by atoms with Gasteiger partial charge in [-0.3, -0.25) is 9.59 Å². The van der Waals surface area contributed by atoms with Crippen LogP contribution in [0.1, 0.15) is 32.4 Å². The van der Waals surface area contributed by atoms with Crippen LogP contribution < -0.4 is 10.5 Å². The molecule has 5 nitrogen and oxygen atoms in total. The van der Waals surface area contributed by atoms with Gasteiger partial charge in [0, 0.05) is 33.8 Å². The molecular weight excluding hydrogens is 352 g/mol. The van der Waals surface area contributed by atoms with Gasteiger partial charge in [-0.1, -0.05) is 48.5 Å². The van der Waals surface area contributed by atoms with Crippen molar-refractivity contribution < 1.29 is 14.3 Å². The van der Waals surface area contributed by atoms with Crippen molar-refractivity contribution in [2.75, 3.05) is 0 Å². The first-order valence-corrected chi connectivity index (χ1v) is 8.85. The van der Waals surface area contributed by atoms with Crippen LogP contribution in [0.2, 0.25) is 0 Å². The van der Waals surface area contributed by atoms with Crippen molar-refractivity contribution >= 4 is 22.6 Å². The molecule has 3 N–H and O–H groups in total. The molecule has 0 aliphatic rings. The summed E-state index contributed by atoms with van der Waals surface area (Å²) in [5, 5.41) is 0.848. The molecule has 0 bridgehead atoms. The van der Waals surface area contributed by atoms with E-state index in [-0.39, 0.29) is 5.78 Å². The molecule has 1 atom stereocenters. The lowest BCUT2D eigenvalue weighted by Gasteiger charge is -2.18. The molecule has 0 fully saturated rings. The number of aromatic nitrogens is 1. The number of para-hydroxylation sites is 1. The van der Waals surface area contributed by atoms with E-state index in [1.54, 1.807) is 30.5 Å². The van der Waals surface area contributed by atoms with E-state index in [0.717, 1.165) is 16.5 Å². The second kappa shape index (κ2) is 7.40. The molecule has 4 rings (SSSR count). The molecule has 5 heteroatoms. The van der Waals surface area contributed by atoms with Crippen LogP contribution in [0.5, 0.6) is 5.75 Å². The number of Topliss-reactive ketones (excluding diaryl/α,β-unsaturated/α-hetero) is 1. The van der Waals surface area contributed by atoms with Crippen LogP contribution in [0, 0.1) is 0 Å². The summed E-state index contributed by atoms with van der Waals surface area (Å²) >= 11 is 0. The number of nitrogens with two attached hydrogens (primary N) is 1. The van der Waals surface area contributed by atoms with Crippen LogP contribution in [0.25, 0.3) is 10.9 Å². The van der Waals surface area contributed by atoms with Crippen LogP contribution in [-0.4, -0.2) is 16.7 Å². The number of fused-ring (bicyclic) bond motifs is 1. The number of ketones is 1. The number of ether oxygens (including phenoxy) is 1. The average Bonchev–Trinajstić information content (AvgIpc) is 3.17. The molecule has 0 radical (unpaired) electrons. The van der Waals surface area contributed by atoms with Crippen molar-refractivity contribution in [1.29, 1.82) is 0 Å². The number of amides is 1. The average molecular weight is 370 g/mol. The first kappa shape index (κ1) is 17.5. The van der Waals surface area contributed by atoms with Gasteiger partial charge in [0.25, 0.3) is 0 Å². The first-order valence-electron chi connectivity index (χ1n) is 8.85. The lowest BCUT2D eigenvalue weighted by molar-refractivity contribution is 0.0793. The minimum Gasteiger partial charge on any atom is -0.478 e. The van der Waals surface area contributed by atoms with Gasteiger partial charge in [0.1, 0.15) is 5.75 Å². The van der Waals surface area contributed by atoms with Crippen molar-refractivity contribution in [3.63, 3.8) is 0 Å². The van der Waals surface area contributed by atoms with Crippen LogP contribution in [0.4, 0.5) is 0 Å². The number of H-pyrrole nitrogens is 1. The topological polar surface area (TPSA) is 85.2 Å². The third-order valence-corrected chi connectivity index (χ3v) is 4.59. The summed E-state index contributed by atoms with van der Waals surface area (Å²) in [5.74, 6) is -0.185. The van der Waals surface area contributed by atoms with Gasteiger partial charge >= 0.3 is 0 Å². The molecule has 28 heavy (non-hydrogen) atoms. The van der Waals surface area contributed by atoms with Gasteiger partial charge < -0.3 is 15.5 Å². The first-order chi connectivity index (χ1) is 13.6. The Hall–Kier alpha value is -3.86. The van der Waals surface area contributed by atoms with Crippen molar-refractivity contribution in [3.05, 3.63) is 102 Å². The summed E-state index contributed by atoms with van der Waals surface area (Å²) in [6, 6.07) is 23.4. The lowest BCUT2D eigenvalue weighted by Crippen LogP contribution is -2.19. The zero-order valence-corrected chi connectivity index (χ0v) is 15.0. The fraction of sp³-hybridized carbons (Fsp3) is 0.0435. The van der Waals surface area contributed by atoms with Crippen LogP contribution >= 0.6 is 0 Å². The number of carbonyl (C=O) groups is 2. The Balaban J connectivity index is 1.71. The second-order valence-electron chi connectivity index (χ2n) is 6.41. The Morgan fingerprint density at radius 3 is 2.25 bits per heavy atom. The molecule has 1 aromatic heterocycles. The summed E-state index contributed by atoms with van der Waals surface area (Å²) in [7, 11) is 0. The number of benzene rings is 3. The zero-order valence-electron chi connectivity index (χ0n) is 15.0. The molecule has 1 amide bonds. The lowest BCUT2D eigenvalue weighted by atomic mass is 9.99. The number of carbonyl (C=O) groups excluding carboxylic acids is 2. The fourth-order valence-corrected chi connectivity index (χ4v) is 3.15. The van der Waals surface area contributed by atoms with Gasteiger partial charge in [-0.05, 0) is 30.3 Å². The van der Waals surface area contributed by atoms with E-state index >= 15 is 0 Å². The number of hydrogen-bond acceptors (Lipinski definition) is 3. The number of aromatic amines is 1. The molecule has 4 aromatic rings. The quantitative estimate of drug-likeness (QED) is 0.497. The van der Waals surface area contributed by atoms with Crippen LogP contribution in [0.15, 0.2) is 85.1 Å². The molecule has 0 unspecified atom stereocenters. The molecule has 138 valence electrons. The minimum absolute atomic E-state index is 0.150. The summed E-state index contributed by atoms with van der Waals surface area (Å²) in [4.78, 5) is 27.8. The molecular formula is C23H18N2O3. The van der Waals surface area contributed by atoms with Gasteiger partial charge in [0.05, 0.1) is 0 Å². The Morgan fingerprint density at radius 2 is 1.54 bits per heavy atom. The summed E-state index contributed by atoms with van der Waals surface area (Å²) in [6.45, 7) is 0. The molecule has 0 spiro atoms. The highest BCUT2D eigenvalue weighted by atomic mass is 16.5. The number of primary amides is 1. The monoisotopic (exact) mass is 370 g/mol. The molecule has 1 heterocycles. The molecule has 3 aromatic carbocycles. The van der Waals surface area contributed by atoms with Crippen LogP contribution in [-0.2, 0) is 0 Å². The molecule has 0 saturated carbocycles. The van der Waals surface area contributed by atoms with E-state index in [4.69, 9.17) is 10.5 Å². The number of nitrogens with one attached hydrogen (secondary N) is 1. The second-order valence-corrected chi connectivity index (χ2v) is 6.41. The number of rotatable bonds is 6. The van der Waals surface area contributed by atoms with Crippen molar-refractivity contribution in [3.8, 4) is 5.75 Å². The molecule has 0 aliphatic heterocycles. The Kier molecular flexibility index (Phi) is 4.64. The Morgan fingerprint density at radius 1 is 0.857 bits per heavy atom. The standard InChI is InChI=1S/C23H18N2O3/c24-23(27)16-10-12-17(13-11-16)28-22(15-6-2-1-3-7-15)21(26)19-14-25-20-9-5-4-8-18(19)20/h1-14,22,25H,(H2,24,27)/t22-/m0/s1. The number of hydrogen-bond donors (Lipinski definition) is 2. The predicted molar refractivity (Wildman–Crippen MR) is 107 cm³/mol. The third kappa shape index (κ3) is 3.38. The van der Waals surface area contributed by atoms with Gasteiger partial charge in [0.2, 0.25) is 11.7 Å². The third-order valence-electron chi connectivity index (χ3n) is 4.59. The Labute approximate surface area is 161 Å². The van der Waals surface area contributed by atoms with Gasteiger partial charge in [0.15, 0.2) is 6.10 Å². The zero-order chi connectivity index (χ0) is 19.5. The van der Waals surface area contributed by atoms with Gasteiger partial charge in [-0.15, -0.1) is 0 Å². The van der Waals surface area contributed by atoms with E-state index in [9.17, 15) is 9.59 Å². The maximum atomic E-state index is 13.4. The fourth-order valence-electron chi connectivity index (χ4n) is 3.15. The summed E-state index contributed by atoms with van der Waals surface area (Å²) < 4.78 is 6.05. The van der Waals surface area contributed by atoms with E-state index in [2.05, 4.69) is 4.98 Å². The van der Waals surface area contributed by atoms with E-state index in [0.29, 0.717) is 16.9 Å². The van der Waals surface area contributed by atoms with Crippen LogP contribution in [0.3, 0.4) is 0 Å². The SMILES string of the molecule is NC(=O)c1ccc(O[C@H](C(=O)c2c[nH]c3ccccc23)c2ccccc2)cc1. The van der Waals surface area contributed by atoms with E-state index in [1.165, 1.54) is 0 Å². The Bertz CT molecular complexity index is 1130. The maximum absolute atomic E-state index is 13.4. The molecule has 0 aliphatic carbocycles. The van der Waals surface area contributed by atoms with E-state index in [1.807, 2.05) is 54.6 Å². The summed E-state index contributed by atoms with van der Waals surface area (Å²) in [5.41, 5.74) is 7.87. The highest BCUT2D eigenvalue weighted by Crippen LogP contribution is 2.29. The van der Waals surface area contributed by atoms with Crippen molar-refractivity contribution in [2.45, 2.75) is 6.10 Å². The largest absolute Gasteiger partial charge is 0.478 e.